The summed E-state index contributed by atoms with van der Waals surface area (Å²) in [4.78, 5) is 25.6. The number of hydrogen-bond donors (Lipinski definition) is 2. The van der Waals surface area contributed by atoms with Crippen LogP contribution < -0.4 is 10.6 Å². The van der Waals surface area contributed by atoms with Crippen LogP contribution in [0.25, 0.3) is 0 Å². The molecule has 2 atom stereocenters. The summed E-state index contributed by atoms with van der Waals surface area (Å²) in [6.07, 6.45) is 0.135. The predicted octanol–water partition coefficient (Wildman–Crippen LogP) is 4.87. The van der Waals surface area contributed by atoms with Crippen LogP contribution in [0.5, 0.6) is 0 Å². The smallest absolute Gasteiger partial charge is 0.223 e. The Hall–Kier alpha value is -2.63. The third kappa shape index (κ3) is 5.44. The molecule has 2 aromatic carbocycles. The Bertz CT molecular complexity index is 911. The van der Waals surface area contributed by atoms with Crippen molar-refractivity contribution in [2.75, 3.05) is 0 Å². The van der Waals surface area contributed by atoms with E-state index >= 15 is 0 Å². The third-order valence-corrected chi connectivity index (χ3v) is 5.49. The first-order valence-corrected chi connectivity index (χ1v) is 10.2. The molecule has 3 rings (SSSR count). The highest BCUT2D eigenvalue weighted by molar-refractivity contribution is 7.10. The van der Waals surface area contributed by atoms with Crippen molar-refractivity contribution in [2.45, 2.75) is 25.4 Å². The Kier molecular flexibility index (Phi) is 6.85. The highest BCUT2D eigenvalue weighted by Gasteiger charge is 2.22. The lowest BCUT2D eigenvalue weighted by molar-refractivity contribution is -0.123. The van der Waals surface area contributed by atoms with Crippen LogP contribution >= 0.6 is 22.9 Å². The summed E-state index contributed by atoms with van der Waals surface area (Å²) in [5.74, 6) is -0.332. The molecule has 1 heterocycles. The average Bonchev–Trinajstić information content (AvgIpc) is 3.21. The van der Waals surface area contributed by atoms with Crippen LogP contribution in [0.15, 0.2) is 72.1 Å². The number of hydrogen-bond acceptors (Lipinski definition) is 3. The van der Waals surface area contributed by atoms with Gasteiger partial charge in [0.1, 0.15) is 0 Å². The van der Waals surface area contributed by atoms with Crippen LogP contribution in [0.1, 0.15) is 41.4 Å². The van der Waals surface area contributed by atoms with Crippen LogP contribution in [-0.2, 0) is 9.59 Å². The summed E-state index contributed by atoms with van der Waals surface area (Å²) in [6, 6.07) is 20.3. The SMILES string of the molecule is CC(=O)N[C@H](CC(=O)N[C@@H](c1ccccc1)c1cccs1)c1ccc(Cl)cc1. The first-order valence-electron chi connectivity index (χ1n) is 8.93. The van der Waals surface area contributed by atoms with Crippen LogP contribution in [0, 0.1) is 0 Å². The van der Waals surface area contributed by atoms with Gasteiger partial charge in [0.2, 0.25) is 11.8 Å². The summed E-state index contributed by atoms with van der Waals surface area (Å²) >= 11 is 7.55. The van der Waals surface area contributed by atoms with Crippen LogP contribution in [0.2, 0.25) is 5.02 Å². The maximum Gasteiger partial charge on any atom is 0.223 e. The second-order valence-corrected chi connectivity index (χ2v) is 7.85. The molecule has 144 valence electrons. The van der Waals surface area contributed by atoms with Crippen molar-refractivity contribution in [3.05, 3.63) is 93.1 Å². The molecule has 28 heavy (non-hydrogen) atoms. The van der Waals surface area contributed by atoms with E-state index < -0.39 is 6.04 Å². The van der Waals surface area contributed by atoms with Gasteiger partial charge in [0.15, 0.2) is 0 Å². The van der Waals surface area contributed by atoms with Gasteiger partial charge in [0.25, 0.3) is 0 Å². The number of halogens is 1. The van der Waals surface area contributed by atoms with E-state index in [4.69, 9.17) is 11.6 Å². The second kappa shape index (κ2) is 9.53. The molecule has 1 aromatic heterocycles. The maximum absolute atomic E-state index is 12.9. The molecular weight excluding hydrogens is 392 g/mol. The van der Waals surface area contributed by atoms with Crippen LogP contribution in [-0.4, -0.2) is 11.8 Å². The van der Waals surface area contributed by atoms with Gasteiger partial charge in [0.05, 0.1) is 18.5 Å². The lowest BCUT2D eigenvalue weighted by Crippen LogP contribution is -2.34. The third-order valence-electron chi connectivity index (χ3n) is 4.31. The van der Waals surface area contributed by atoms with Crippen molar-refractivity contribution in [3.63, 3.8) is 0 Å². The van der Waals surface area contributed by atoms with E-state index in [0.29, 0.717) is 5.02 Å². The van der Waals surface area contributed by atoms with E-state index in [1.807, 2.05) is 60.0 Å². The summed E-state index contributed by atoms with van der Waals surface area (Å²) in [6.45, 7) is 1.44. The van der Waals surface area contributed by atoms with Crippen LogP contribution in [0.4, 0.5) is 0 Å². The van der Waals surface area contributed by atoms with Crippen molar-refractivity contribution in [1.82, 2.24) is 10.6 Å². The first-order chi connectivity index (χ1) is 13.5. The van der Waals surface area contributed by atoms with Gasteiger partial charge >= 0.3 is 0 Å². The lowest BCUT2D eigenvalue weighted by atomic mass is 10.0. The predicted molar refractivity (Wildman–Crippen MR) is 113 cm³/mol. The molecule has 2 amide bonds. The average molecular weight is 413 g/mol. The largest absolute Gasteiger partial charge is 0.349 e. The van der Waals surface area contributed by atoms with Crippen molar-refractivity contribution < 1.29 is 9.59 Å². The quantitative estimate of drug-likeness (QED) is 0.581. The van der Waals surface area contributed by atoms with Gasteiger partial charge in [-0.15, -0.1) is 11.3 Å². The van der Waals surface area contributed by atoms with Gasteiger partial charge in [-0.3, -0.25) is 9.59 Å². The molecule has 4 nitrogen and oxygen atoms in total. The molecule has 0 unspecified atom stereocenters. The standard InChI is InChI=1S/C22H21ClN2O2S/c1-15(26)24-19(16-9-11-18(23)12-10-16)14-21(27)25-22(20-8-5-13-28-20)17-6-3-2-4-7-17/h2-13,19,22H,14H2,1H3,(H,24,26)(H,25,27)/t19-,22+/m1/s1. The van der Waals surface area contributed by atoms with E-state index in [-0.39, 0.29) is 24.3 Å². The van der Waals surface area contributed by atoms with Crippen molar-refractivity contribution in [3.8, 4) is 0 Å². The van der Waals surface area contributed by atoms with E-state index in [2.05, 4.69) is 10.6 Å². The lowest BCUT2D eigenvalue weighted by Gasteiger charge is -2.22. The number of carbonyl (C=O) groups excluding carboxylic acids is 2. The Morgan fingerprint density at radius 1 is 0.929 bits per heavy atom. The van der Waals surface area contributed by atoms with Gasteiger partial charge in [-0.25, -0.2) is 0 Å². The fraction of sp³-hybridized carbons (Fsp3) is 0.182. The Labute approximate surface area is 173 Å². The number of benzene rings is 2. The fourth-order valence-electron chi connectivity index (χ4n) is 3.02. The Morgan fingerprint density at radius 3 is 2.25 bits per heavy atom. The molecule has 0 saturated carbocycles. The van der Waals surface area contributed by atoms with Crippen molar-refractivity contribution in [1.29, 1.82) is 0 Å². The zero-order valence-corrected chi connectivity index (χ0v) is 17.0. The zero-order chi connectivity index (χ0) is 19.9. The number of rotatable bonds is 7. The molecule has 0 spiro atoms. The van der Waals surface area contributed by atoms with Crippen molar-refractivity contribution in [2.24, 2.45) is 0 Å². The minimum atomic E-state index is -0.422. The van der Waals surface area contributed by atoms with E-state index in [1.54, 1.807) is 23.5 Å². The molecule has 0 aliphatic carbocycles. The Balaban J connectivity index is 1.78. The van der Waals surface area contributed by atoms with Gasteiger partial charge in [0, 0.05) is 16.8 Å². The zero-order valence-electron chi connectivity index (χ0n) is 15.4. The molecule has 0 aliphatic heterocycles. The minimum absolute atomic E-state index is 0.135. The molecule has 0 bridgehead atoms. The number of carbonyl (C=O) groups is 2. The molecule has 0 aliphatic rings. The normalized spacial score (nSPS) is 12.8. The monoisotopic (exact) mass is 412 g/mol. The molecule has 0 radical (unpaired) electrons. The van der Waals surface area contributed by atoms with Gasteiger partial charge in [-0.2, -0.15) is 0 Å². The van der Waals surface area contributed by atoms with Gasteiger partial charge in [-0.1, -0.05) is 60.1 Å². The van der Waals surface area contributed by atoms with E-state index in [1.165, 1.54) is 6.92 Å². The molecule has 0 fully saturated rings. The summed E-state index contributed by atoms with van der Waals surface area (Å²) in [5, 5.41) is 8.57. The summed E-state index contributed by atoms with van der Waals surface area (Å²) in [5.41, 5.74) is 1.85. The Morgan fingerprint density at radius 2 is 1.64 bits per heavy atom. The number of amides is 2. The van der Waals surface area contributed by atoms with Gasteiger partial charge in [-0.05, 0) is 34.7 Å². The molecule has 3 aromatic rings. The molecule has 0 saturated heterocycles. The summed E-state index contributed by atoms with van der Waals surface area (Å²) in [7, 11) is 0. The fourth-order valence-corrected chi connectivity index (χ4v) is 3.95. The topological polar surface area (TPSA) is 58.2 Å². The van der Waals surface area contributed by atoms with Crippen LogP contribution in [0.3, 0.4) is 0 Å². The summed E-state index contributed by atoms with van der Waals surface area (Å²) < 4.78 is 0. The first kappa shape index (κ1) is 20.1. The van der Waals surface area contributed by atoms with E-state index in [9.17, 15) is 9.59 Å². The number of nitrogens with one attached hydrogen (secondary N) is 2. The maximum atomic E-state index is 12.9. The number of thiophene rings is 1. The van der Waals surface area contributed by atoms with E-state index in [0.717, 1.165) is 16.0 Å². The highest BCUT2D eigenvalue weighted by Crippen LogP contribution is 2.27. The van der Waals surface area contributed by atoms with Crippen molar-refractivity contribution >= 4 is 34.8 Å². The molecule has 6 heteroatoms. The molecule has 2 N–H and O–H groups in total. The highest BCUT2D eigenvalue weighted by atomic mass is 35.5. The second-order valence-electron chi connectivity index (χ2n) is 6.44. The minimum Gasteiger partial charge on any atom is -0.349 e. The molecular formula is C22H21ClN2O2S. The van der Waals surface area contributed by atoms with Gasteiger partial charge < -0.3 is 10.6 Å².